The molecule has 0 saturated carbocycles. The number of nitriles is 1. The van der Waals surface area contributed by atoms with Crippen LogP contribution in [0, 0.1) is 11.3 Å². The van der Waals surface area contributed by atoms with Crippen LogP contribution in [0.5, 0.6) is 5.75 Å². The van der Waals surface area contributed by atoms with Crippen LogP contribution < -0.4 is 4.74 Å². The zero-order chi connectivity index (χ0) is 17.5. The first-order valence-corrected chi connectivity index (χ1v) is 8.05. The minimum atomic E-state index is -0.116. The lowest BCUT2D eigenvalue weighted by molar-refractivity contribution is -0.135. The Balaban J connectivity index is 2.02. The van der Waals surface area contributed by atoms with E-state index < -0.39 is 0 Å². The van der Waals surface area contributed by atoms with Crippen molar-refractivity contribution in [3.05, 3.63) is 64.7 Å². The summed E-state index contributed by atoms with van der Waals surface area (Å²) in [7, 11) is 0. The smallest absolute Gasteiger partial charge is 0.261 e. The third kappa shape index (κ3) is 4.74. The Morgan fingerprint density at radius 1 is 1.25 bits per heavy atom. The van der Waals surface area contributed by atoms with Crippen LogP contribution in [0.3, 0.4) is 0 Å². The third-order valence-electron chi connectivity index (χ3n) is 3.55. The van der Waals surface area contributed by atoms with Crippen LogP contribution in [0.25, 0.3) is 0 Å². The summed E-state index contributed by atoms with van der Waals surface area (Å²) in [6.07, 6.45) is 0. The molecule has 0 heterocycles. The van der Waals surface area contributed by atoms with Crippen LogP contribution in [0.15, 0.2) is 48.5 Å². The molecule has 0 aliphatic heterocycles. The van der Waals surface area contributed by atoms with Gasteiger partial charge in [0.15, 0.2) is 6.61 Å². The lowest BCUT2D eigenvalue weighted by Crippen LogP contribution is -2.39. The zero-order valence-corrected chi connectivity index (χ0v) is 14.5. The number of halogens is 1. The Bertz CT molecular complexity index is 739. The highest BCUT2D eigenvalue weighted by atomic mass is 35.5. The van der Waals surface area contributed by atoms with Gasteiger partial charge in [0.1, 0.15) is 5.75 Å². The summed E-state index contributed by atoms with van der Waals surface area (Å²) in [5.41, 5.74) is 1.52. The molecule has 124 valence electrons. The highest BCUT2D eigenvalue weighted by Crippen LogP contribution is 2.25. The number of rotatable bonds is 6. The molecule has 24 heavy (non-hydrogen) atoms. The molecule has 0 spiro atoms. The van der Waals surface area contributed by atoms with Gasteiger partial charge in [-0.3, -0.25) is 4.79 Å². The van der Waals surface area contributed by atoms with Crippen molar-refractivity contribution in [2.24, 2.45) is 0 Å². The predicted octanol–water partition coefficient (Wildman–Crippen LogP) is 4.03. The van der Waals surface area contributed by atoms with E-state index in [1.165, 1.54) is 6.07 Å². The van der Waals surface area contributed by atoms with Gasteiger partial charge in [-0.2, -0.15) is 5.26 Å². The molecule has 0 aromatic heterocycles. The average Bonchev–Trinajstić information content (AvgIpc) is 2.58. The van der Waals surface area contributed by atoms with Gasteiger partial charge in [0.05, 0.1) is 16.7 Å². The van der Waals surface area contributed by atoms with Crippen molar-refractivity contribution in [2.75, 3.05) is 6.61 Å². The Hall–Kier alpha value is -2.51. The molecule has 0 atom stereocenters. The van der Waals surface area contributed by atoms with Crippen LogP contribution in [0.4, 0.5) is 0 Å². The summed E-state index contributed by atoms with van der Waals surface area (Å²) in [6.45, 7) is 4.36. The third-order valence-corrected chi connectivity index (χ3v) is 3.85. The second kappa shape index (κ2) is 8.37. The highest BCUT2D eigenvalue weighted by Gasteiger charge is 2.18. The van der Waals surface area contributed by atoms with Crippen LogP contribution in [-0.4, -0.2) is 23.5 Å². The Labute approximate surface area is 147 Å². The number of hydrogen-bond donors (Lipinski definition) is 0. The first-order chi connectivity index (χ1) is 11.5. The van der Waals surface area contributed by atoms with Crippen molar-refractivity contribution in [2.45, 2.75) is 26.4 Å². The number of amides is 1. The molecule has 0 fully saturated rings. The largest absolute Gasteiger partial charge is 0.482 e. The Kier molecular flexibility index (Phi) is 6.22. The molecule has 1 amide bonds. The van der Waals surface area contributed by atoms with Crippen LogP contribution >= 0.6 is 11.6 Å². The van der Waals surface area contributed by atoms with Gasteiger partial charge in [-0.1, -0.05) is 41.9 Å². The maximum Gasteiger partial charge on any atom is 0.261 e. The standard InChI is InChI=1S/C19H19ClN2O2/c1-14(2)22(12-15-6-4-3-5-7-15)19(23)13-24-18-9-8-16(11-21)10-17(18)20/h3-10,14H,12-13H2,1-2H3. The Morgan fingerprint density at radius 3 is 2.54 bits per heavy atom. The number of carbonyl (C=O) groups excluding carboxylic acids is 1. The van der Waals surface area contributed by atoms with Gasteiger partial charge in [-0.05, 0) is 37.6 Å². The van der Waals surface area contributed by atoms with E-state index in [2.05, 4.69) is 0 Å². The normalized spacial score (nSPS) is 10.3. The predicted molar refractivity (Wildman–Crippen MR) is 93.8 cm³/mol. The van der Waals surface area contributed by atoms with Gasteiger partial charge in [-0.25, -0.2) is 0 Å². The number of benzene rings is 2. The fourth-order valence-corrected chi connectivity index (χ4v) is 2.48. The molecular weight excluding hydrogens is 324 g/mol. The highest BCUT2D eigenvalue weighted by molar-refractivity contribution is 6.32. The van der Waals surface area contributed by atoms with Gasteiger partial charge in [0, 0.05) is 12.6 Å². The molecule has 2 aromatic rings. The van der Waals surface area contributed by atoms with Crippen molar-refractivity contribution in [1.29, 1.82) is 5.26 Å². The summed E-state index contributed by atoms with van der Waals surface area (Å²) < 4.78 is 5.53. The van der Waals surface area contributed by atoms with E-state index in [1.54, 1.807) is 17.0 Å². The average molecular weight is 343 g/mol. The quantitative estimate of drug-likeness (QED) is 0.796. The van der Waals surface area contributed by atoms with E-state index in [0.717, 1.165) is 5.56 Å². The van der Waals surface area contributed by atoms with Crippen LogP contribution in [-0.2, 0) is 11.3 Å². The first-order valence-electron chi connectivity index (χ1n) is 7.67. The summed E-state index contributed by atoms with van der Waals surface area (Å²) in [5.74, 6) is 0.279. The molecule has 0 aliphatic carbocycles. The molecule has 0 N–H and O–H groups in total. The molecule has 0 unspecified atom stereocenters. The summed E-state index contributed by atoms with van der Waals surface area (Å²) in [6, 6.07) is 16.6. The number of carbonyl (C=O) groups is 1. The number of ether oxygens (including phenoxy) is 1. The monoisotopic (exact) mass is 342 g/mol. The second-order valence-corrected chi connectivity index (χ2v) is 6.05. The molecule has 4 nitrogen and oxygen atoms in total. The van der Waals surface area contributed by atoms with Crippen molar-refractivity contribution in [3.8, 4) is 11.8 Å². The topological polar surface area (TPSA) is 53.3 Å². The number of nitrogens with zero attached hydrogens (tertiary/aromatic N) is 2. The Morgan fingerprint density at radius 2 is 1.96 bits per heavy atom. The molecule has 0 radical (unpaired) electrons. The van der Waals surface area contributed by atoms with Crippen LogP contribution in [0.2, 0.25) is 5.02 Å². The summed E-state index contributed by atoms with van der Waals surface area (Å²) >= 11 is 6.06. The van der Waals surface area contributed by atoms with Gasteiger partial charge >= 0.3 is 0 Å². The molecule has 2 rings (SSSR count). The first kappa shape index (κ1) is 17.8. The maximum absolute atomic E-state index is 12.5. The minimum Gasteiger partial charge on any atom is -0.482 e. The molecule has 0 bridgehead atoms. The molecule has 5 heteroatoms. The van der Waals surface area contributed by atoms with Gasteiger partial charge in [0.2, 0.25) is 0 Å². The van der Waals surface area contributed by atoms with E-state index in [1.807, 2.05) is 50.2 Å². The lowest BCUT2D eigenvalue weighted by Gasteiger charge is -2.27. The van der Waals surface area contributed by atoms with E-state index in [9.17, 15) is 4.79 Å². The maximum atomic E-state index is 12.5. The number of hydrogen-bond acceptors (Lipinski definition) is 3. The molecule has 0 saturated heterocycles. The van der Waals surface area contributed by atoms with Crippen molar-refractivity contribution >= 4 is 17.5 Å². The van der Waals surface area contributed by atoms with E-state index in [4.69, 9.17) is 21.6 Å². The second-order valence-electron chi connectivity index (χ2n) is 5.65. The van der Waals surface area contributed by atoms with Crippen molar-refractivity contribution in [1.82, 2.24) is 4.90 Å². The summed E-state index contributed by atoms with van der Waals surface area (Å²) in [5, 5.41) is 9.16. The van der Waals surface area contributed by atoms with Gasteiger partial charge in [0.25, 0.3) is 5.91 Å². The van der Waals surface area contributed by atoms with E-state index in [-0.39, 0.29) is 18.6 Å². The van der Waals surface area contributed by atoms with Gasteiger partial charge < -0.3 is 9.64 Å². The molecule has 2 aromatic carbocycles. The SMILES string of the molecule is CC(C)N(Cc1ccccc1)C(=O)COc1ccc(C#N)cc1Cl. The minimum absolute atomic E-state index is 0.0535. The van der Waals surface area contributed by atoms with Gasteiger partial charge in [-0.15, -0.1) is 0 Å². The lowest BCUT2D eigenvalue weighted by atomic mass is 10.2. The molecular formula is C19H19ClN2O2. The zero-order valence-electron chi connectivity index (χ0n) is 13.7. The fourth-order valence-electron chi connectivity index (χ4n) is 2.25. The fraction of sp³-hybridized carbons (Fsp3) is 0.263. The van der Waals surface area contributed by atoms with Crippen molar-refractivity contribution in [3.63, 3.8) is 0 Å². The van der Waals surface area contributed by atoms with E-state index >= 15 is 0 Å². The van der Waals surface area contributed by atoms with Crippen molar-refractivity contribution < 1.29 is 9.53 Å². The van der Waals surface area contributed by atoms with Crippen LogP contribution in [0.1, 0.15) is 25.0 Å². The summed E-state index contributed by atoms with van der Waals surface area (Å²) in [4.78, 5) is 14.3. The van der Waals surface area contributed by atoms with E-state index in [0.29, 0.717) is 22.9 Å². The molecule has 0 aliphatic rings.